The van der Waals surface area contributed by atoms with E-state index in [0.29, 0.717) is 5.69 Å². The number of carboxylic acid groups (broad SMARTS) is 1. The van der Waals surface area contributed by atoms with E-state index in [0.717, 1.165) is 28.2 Å². The fourth-order valence-corrected chi connectivity index (χ4v) is 2.15. The predicted octanol–water partition coefficient (Wildman–Crippen LogP) is 2.83. The van der Waals surface area contributed by atoms with E-state index in [-0.39, 0.29) is 5.01 Å². The largest absolute Gasteiger partial charge is 0.496 e. The van der Waals surface area contributed by atoms with Gasteiger partial charge in [0.05, 0.1) is 12.8 Å². The number of carboxylic acids is 1. The van der Waals surface area contributed by atoms with Crippen LogP contribution in [0.2, 0.25) is 0 Å². The minimum absolute atomic E-state index is 0.0968. The average molecular weight is 249 g/mol. The van der Waals surface area contributed by atoms with Gasteiger partial charge in [0.2, 0.25) is 5.01 Å². The smallest absolute Gasteiger partial charge is 0.365 e. The van der Waals surface area contributed by atoms with Crippen molar-refractivity contribution in [1.29, 1.82) is 0 Å². The first-order valence-corrected chi connectivity index (χ1v) is 5.83. The standard InChI is InChI=1S/C12H11NO3S/c1-7-3-4-8(5-10(7)16-2)9-6-17-11(13-9)12(14)15/h3-6H,1-2H3,(H,14,15). The third-order valence-corrected chi connectivity index (χ3v) is 3.22. The van der Waals surface area contributed by atoms with Crippen LogP contribution in [0, 0.1) is 6.92 Å². The van der Waals surface area contributed by atoms with E-state index in [4.69, 9.17) is 9.84 Å². The Hall–Kier alpha value is -1.88. The first kappa shape index (κ1) is 11.6. The van der Waals surface area contributed by atoms with E-state index in [2.05, 4.69) is 4.98 Å². The first-order chi connectivity index (χ1) is 8.11. The molecule has 17 heavy (non-hydrogen) atoms. The van der Waals surface area contributed by atoms with E-state index < -0.39 is 5.97 Å². The van der Waals surface area contributed by atoms with Gasteiger partial charge in [0.1, 0.15) is 5.75 Å². The second-order valence-electron chi connectivity index (χ2n) is 3.53. The van der Waals surface area contributed by atoms with E-state index in [1.165, 1.54) is 0 Å². The molecule has 0 aliphatic heterocycles. The minimum atomic E-state index is -1.000. The van der Waals surface area contributed by atoms with E-state index >= 15 is 0 Å². The van der Waals surface area contributed by atoms with Crippen molar-refractivity contribution in [2.75, 3.05) is 7.11 Å². The van der Waals surface area contributed by atoms with Crippen LogP contribution in [0.5, 0.6) is 5.75 Å². The van der Waals surface area contributed by atoms with E-state index in [1.54, 1.807) is 12.5 Å². The Morgan fingerprint density at radius 1 is 1.47 bits per heavy atom. The normalized spacial score (nSPS) is 10.2. The van der Waals surface area contributed by atoms with Crippen molar-refractivity contribution in [2.45, 2.75) is 6.92 Å². The van der Waals surface area contributed by atoms with Crippen LogP contribution in [-0.2, 0) is 0 Å². The molecule has 88 valence electrons. The van der Waals surface area contributed by atoms with Gasteiger partial charge < -0.3 is 9.84 Å². The Bertz CT molecular complexity index is 563. The van der Waals surface area contributed by atoms with E-state index in [1.807, 2.05) is 25.1 Å². The molecule has 1 heterocycles. The lowest BCUT2D eigenvalue weighted by atomic mass is 10.1. The molecule has 0 fully saturated rings. The summed E-state index contributed by atoms with van der Waals surface area (Å²) in [5.74, 6) is -0.229. The second kappa shape index (κ2) is 4.55. The molecule has 0 spiro atoms. The molecular weight excluding hydrogens is 238 g/mol. The number of ether oxygens (including phenoxy) is 1. The van der Waals surface area contributed by atoms with Crippen LogP contribution in [0.4, 0.5) is 0 Å². The molecule has 1 aromatic heterocycles. The summed E-state index contributed by atoms with van der Waals surface area (Å²) in [6.07, 6.45) is 0. The quantitative estimate of drug-likeness (QED) is 0.908. The summed E-state index contributed by atoms with van der Waals surface area (Å²) in [5, 5.41) is 10.6. The molecule has 0 unspecified atom stereocenters. The number of aromatic carboxylic acids is 1. The molecule has 1 N–H and O–H groups in total. The molecule has 0 aliphatic rings. The number of hydrogen-bond donors (Lipinski definition) is 1. The molecule has 5 heteroatoms. The molecule has 0 bridgehead atoms. The number of hydrogen-bond acceptors (Lipinski definition) is 4. The van der Waals surface area contributed by atoms with Crippen LogP contribution in [-0.4, -0.2) is 23.2 Å². The first-order valence-electron chi connectivity index (χ1n) is 4.95. The highest BCUT2D eigenvalue weighted by atomic mass is 32.1. The van der Waals surface area contributed by atoms with Gasteiger partial charge in [-0.15, -0.1) is 11.3 Å². The van der Waals surface area contributed by atoms with Gasteiger partial charge in [0, 0.05) is 10.9 Å². The van der Waals surface area contributed by atoms with Crippen LogP contribution in [0.15, 0.2) is 23.6 Å². The lowest BCUT2D eigenvalue weighted by molar-refractivity contribution is 0.0696. The fourth-order valence-electron chi connectivity index (χ4n) is 1.48. The van der Waals surface area contributed by atoms with Crippen LogP contribution < -0.4 is 4.74 Å². The number of benzene rings is 1. The average Bonchev–Trinajstić information content (AvgIpc) is 2.79. The molecule has 2 aromatic rings. The summed E-state index contributed by atoms with van der Waals surface area (Å²) < 4.78 is 5.22. The number of aryl methyl sites for hydroxylation is 1. The number of thiazole rings is 1. The van der Waals surface area contributed by atoms with Crippen molar-refractivity contribution >= 4 is 17.3 Å². The minimum Gasteiger partial charge on any atom is -0.496 e. The molecule has 4 nitrogen and oxygen atoms in total. The Kier molecular flexibility index (Phi) is 3.10. The molecule has 1 aromatic carbocycles. The summed E-state index contributed by atoms with van der Waals surface area (Å²) in [6.45, 7) is 1.95. The van der Waals surface area contributed by atoms with Crippen LogP contribution in [0.3, 0.4) is 0 Å². The van der Waals surface area contributed by atoms with Gasteiger partial charge in [0.25, 0.3) is 0 Å². The monoisotopic (exact) mass is 249 g/mol. The van der Waals surface area contributed by atoms with Gasteiger partial charge >= 0.3 is 5.97 Å². The summed E-state index contributed by atoms with van der Waals surface area (Å²) in [6, 6.07) is 5.68. The zero-order chi connectivity index (χ0) is 12.4. The number of rotatable bonds is 3. The van der Waals surface area contributed by atoms with Crippen molar-refractivity contribution in [3.63, 3.8) is 0 Å². The lowest BCUT2D eigenvalue weighted by Gasteiger charge is -2.05. The number of methoxy groups -OCH3 is 1. The molecule has 0 aliphatic carbocycles. The van der Waals surface area contributed by atoms with Crippen molar-refractivity contribution in [3.05, 3.63) is 34.2 Å². The van der Waals surface area contributed by atoms with Gasteiger partial charge in [-0.2, -0.15) is 0 Å². The molecule has 2 rings (SSSR count). The lowest BCUT2D eigenvalue weighted by Crippen LogP contribution is -1.94. The molecule has 0 saturated heterocycles. The fraction of sp³-hybridized carbons (Fsp3) is 0.167. The molecule has 0 atom stereocenters. The number of aromatic nitrogens is 1. The zero-order valence-electron chi connectivity index (χ0n) is 9.43. The van der Waals surface area contributed by atoms with Gasteiger partial charge in [-0.05, 0) is 18.6 Å². The summed E-state index contributed by atoms with van der Waals surface area (Å²) in [4.78, 5) is 14.8. The van der Waals surface area contributed by atoms with E-state index in [9.17, 15) is 4.79 Å². The molecular formula is C12H11NO3S. The van der Waals surface area contributed by atoms with Crippen molar-refractivity contribution in [1.82, 2.24) is 4.98 Å². The van der Waals surface area contributed by atoms with Gasteiger partial charge in [-0.1, -0.05) is 12.1 Å². The summed E-state index contributed by atoms with van der Waals surface area (Å²) in [5.41, 5.74) is 2.55. The Morgan fingerprint density at radius 3 is 2.82 bits per heavy atom. The maximum Gasteiger partial charge on any atom is 0.365 e. The Morgan fingerprint density at radius 2 is 2.24 bits per heavy atom. The maximum atomic E-state index is 10.7. The molecule has 0 radical (unpaired) electrons. The number of nitrogens with zero attached hydrogens (tertiary/aromatic N) is 1. The molecule has 0 amide bonds. The highest BCUT2D eigenvalue weighted by Gasteiger charge is 2.11. The van der Waals surface area contributed by atoms with Gasteiger partial charge in [0.15, 0.2) is 0 Å². The van der Waals surface area contributed by atoms with Crippen LogP contribution in [0.25, 0.3) is 11.3 Å². The highest BCUT2D eigenvalue weighted by Crippen LogP contribution is 2.27. The topological polar surface area (TPSA) is 59.4 Å². The predicted molar refractivity (Wildman–Crippen MR) is 65.8 cm³/mol. The summed E-state index contributed by atoms with van der Waals surface area (Å²) >= 11 is 1.12. The Balaban J connectivity index is 2.42. The zero-order valence-corrected chi connectivity index (χ0v) is 10.2. The van der Waals surface area contributed by atoms with Crippen molar-refractivity contribution < 1.29 is 14.6 Å². The SMILES string of the molecule is COc1cc(-c2csc(C(=O)O)n2)ccc1C. The second-order valence-corrected chi connectivity index (χ2v) is 4.39. The third kappa shape index (κ3) is 2.29. The Labute approximate surface area is 103 Å². The van der Waals surface area contributed by atoms with Crippen molar-refractivity contribution in [2.24, 2.45) is 0 Å². The van der Waals surface area contributed by atoms with Crippen LogP contribution in [0.1, 0.15) is 15.4 Å². The summed E-state index contributed by atoms with van der Waals surface area (Å²) in [7, 11) is 1.61. The third-order valence-electron chi connectivity index (χ3n) is 2.39. The maximum absolute atomic E-state index is 10.7. The van der Waals surface area contributed by atoms with Gasteiger partial charge in [-0.25, -0.2) is 9.78 Å². The van der Waals surface area contributed by atoms with Crippen LogP contribution >= 0.6 is 11.3 Å². The van der Waals surface area contributed by atoms with Crippen molar-refractivity contribution in [3.8, 4) is 17.0 Å². The highest BCUT2D eigenvalue weighted by molar-refractivity contribution is 7.11. The number of carbonyl (C=O) groups is 1. The van der Waals surface area contributed by atoms with Gasteiger partial charge in [-0.3, -0.25) is 0 Å². The molecule has 0 saturated carbocycles.